The molecule has 0 saturated carbocycles. The lowest BCUT2D eigenvalue weighted by molar-refractivity contribution is -0.150. The topological polar surface area (TPSA) is 76.4 Å². The van der Waals surface area contributed by atoms with Gasteiger partial charge in [-0.15, -0.1) is 0 Å². The summed E-state index contributed by atoms with van der Waals surface area (Å²) in [6.07, 6.45) is -4.53. The molecule has 1 unspecified atom stereocenters. The van der Waals surface area contributed by atoms with Crippen LogP contribution in [0.1, 0.15) is 0 Å². The molecule has 0 saturated heterocycles. The monoisotopic (exact) mass is 229 g/mol. The van der Waals surface area contributed by atoms with Crippen molar-refractivity contribution in [2.24, 2.45) is 5.73 Å². The number of nitrogens with two attached hydrogens (primary N) is 1. The molecule has 0 rings (SSSR count). The first kappa shape index (κ1) is 14.0. The number of alkyl halides is 3. The number of ether oxygens (including phenoxy) is 1. The molecule has 0 spiro atoms. The summed E-state index contributed by atoms with van der Waals surface area (Å²) in [5, 5.41) is 3.90. The van der Waals surface area contributed by atoms with Crippen LogP contribution in [0, 0.1) is 0 Å². The maximum Gasteiger partial charge on any atom is 0.409 e. The average Bonchev–Trinajstić information content (AvgIpc) is 2.12. The van der Waals surface area contributed by atoms with Crippen LogP contribution < -0.4 is 16.4 Å². The molecule has 0 aliphatic carbocycles. The zero-order valence-electron chi connectivity index (χ0n) is 8.23. The molecule has 0 fully saturated rings. The third kappa shape index (κ3) is 6.13. The summed E-state index contributed by atoms with van der Waals surface area (Å²) < 4.78 is 41.0. The van der Waals surface area contributed by atoms with Crippen LogP contribution in [0.3, 0.4) is 0 Å². The zero-order valence-corrected chi connectivity index (χ0v) is 8.23. The molecule has 0 aliphatic heterocycles. The van der Waals surface area contributed by atoms with Crippen molar-refractivity contribution in [3.63, 3.8) is 0 Å². The van der Waals surface area contributed by atoms with Crippen LogP contribution in [-0.2, 0) is 4.74 Å². The standard InChI is InChI=1S/C7H14F3N3O2/c1-15-3-2-12-6(14)13-5(4-11)7(8,9)10/h5H,2-4,11H2,1H3,(H2,12,13,14). The molecule has 0 aromatic heterocycles. The molecular formula is C7H14F3N3O2. The first-order valence-electron chi connectivity index (χ1n) is 4.22. The number of halogens is 3. The Hall–Kier alpha value is -1.02. The van der Waals surface area contributed by atoms with E-state index in [-0.39, 0.29) is 13.2 Å². The molecule has 0 radical (unpaired) electrons. The fraction of sp³-hybridized carbons (Fsp3) is 0.857. The molecule has 8 heteroatoms. The first-order chi connectivity index (χ1) is 6.91. The quantitative estimate of drug-likeness (QED) is 0.572. The van der Waals surface area contributed by atoms with E-state index in [2.05, 4.69) is 10.1 Å². The second-order valence-electron chi connectivity index (χ2n) is 2.72. The van der Waals surface area contributed by atoms with Crippen LogP contribution in [0.4, 0.5) is 18.0 Å². The maximum atomic E-state index is 12.1. The molecule has 4 N–H and O–H groups in total. The highest BCUT2D eigenvalue weighted by atomic mass is 19.4. The third-order valence-corrected chi connectivity index (χ3v) is 1.53. The summed E-state index contributed by atoms with van der Waals surface area (Å²) in [4.78, 5) is 10.9. The average molecular weight is 229 g/mol. The van der Waals surface area contributed by atoms with Crippen molar-refractivity contribution in [2.45, 2.75) is 12.2 Å². The van der Waals surface area contributed by atoms with E-state index < -0.39 is 24.8 Å². The number of amides is 2. The highest BCUT2D eigenvalue weighted by Gasteiger charge is 2.39. The molecule has 0 aromatic rings. The van der Waals surface area contributed by atoms with Gasteiger partial charge in [0.15, 0.2) is 0 Å². The van der Waals surface area contributed by atoms with Gasteiger partial charge in [0.2, 0.25) is 0 Å². The molecular weight excluding hydrogens is 215 g/mol. The van der Waals surface area contributed by atoms with Crippen molar-refractivity contribution in [1.29, 1.82) is 0 Å². The Morgan fingerprint density at radius 2 is 2.13 bits per heavy atom. The van der Waals surface area contributed by atoms with Gasteiger partial charge in [-0.1, -0.05) is 0 Å². The lowest BCUT2D eigenvalue weighted by Crippen LogP contribution is -2.53. The number of rotatable bonds is 5. The minimum Gasteiger partial charge on any atom is -0.383 e. The van der Waals surface area contributed by atoms with Crippen molar-refractivity contribution in [3.05, 3.63) is 0 Å². The van der Waals surface area contributed by atoms with Crippen LogP contribution in [0.15, 0.2) is 0 Å². The van der Waals surface area contributed by atoms with Gasteiger partial charge in [0.05, 0.1) is 6.61 Å². The van der Waals surface area contributed by atoms with E-state index in [1.165, 1.54) is 7.11 Å². The van der Waals surface area contributed by atoms with Gasteiger partial charge < -0.3 is 21.1 Å². The number of hydrogen-bond donors (Lipinski definition) is 3. The molecule has 0 aliphatic rings. The minimum atomic E-state index is -4.53. The van der Waals surface area contributed by atoms with Gasteiger partial charge in [-0.25, -0.2) is 4.79 Å². The highest BCUT2D eigenvalue weighted by molar-refractivity contribution is 5.74. The second-order valence-corrected chi connectivity index (χ2v) is 2.72. The molecule has 15 heavy (non-hydrogen) atoms. The van der Waals surface area contributed by atoms with E-state index in [9.17, 15) is 18.0 Å². The third-order valence-electron chi connectivity index (χ3n) is 1.53. The Kier molecular flexibility index (Phi) is 6.02. The smallest absolute Gasteiger partial charge is 0.383 e. The number of carbonyl (C=O) groups excluding carboxylic acids is 1. The van der Waals surface area contributed by atoms with E-state index in [0.29, 0.717) is 0 Å². The summed E-state index contributed by atoms with van der Waals surface area (Å²) in [7, 11) is 1.41. The predicted octanol–water partition coefficient (Wildman–Crippen LogP) is -0.178. The molecule has 0 bridgehead atoms. The van der Waals surface area contributed by atoms with Crippen LogP contribution in [0.25, 0.3) is 0 Å². The maximum absolute atomic E-state index is 12.1. The van der Waals surface area contributed by atoms with Crippen molar-refractivity contribution in [1.82, 2.24) is 10.6 Å². The van der Waals surface area contributed by atoms with Crippen molar-refractivity contribution in [3.8, 4) is 0 Å². The summed E-state index contributed by atoms with van der Waals surface area (Å²) in [6, 6.07) is -2.94. The van der Waals surface area contributed by atoms with Gasteiger partial charge in [-0.05, 0) is 0 Å². The van der Waals surface area contributed by atoms with Gasteiger partial charge in [0, 0.05) is 20.2 Å². The Bertz CT molecular complexity index is 198. The summed E-state index contributed by atoms with van der Waals surface area (Å²) in [5.41, 5.74) is 4.87. The van der Waals surface area contributed by atoms with E-state index in [1.807, 2.05) is 0 Å². The SMILES string of the molecule is COCCNC(=O)NC(CN)C(F)(F)F. The van der Waals surface area contributed by atoms with Crippen LogP contribution in [0.2, 0.25) is 0 Å². The molecule has 2 amide bonds. The van der Waals surface area contributed by atoms with Crippen molar-refractivity contribution in [2.75, 3.05) is 26.8 Å². The Morgan fingerprint density at radius 3 is 2.53 bits per heavy atom. The molecule has 0 aromatic carbocycles. The van der Waals surface area contributed by atoms with Crippen molar-refractivity contribution < 1.29 is 22.7 Å². The zero-order chi connectivity index (χ0) is 11.9. The number of methoxy groups -OCH3 is 1. The van der Waals surface area contributed by atoms with Crippen LogP contribution >= 0.6 is 0 Å². The minimum absolute atomic E-state index is 0.136. The summed E-state index contributed by atoms with van der Waals surface area (Å²) in [6.45, 7) is -0.328. The van der Waals surface area contributed by atoms with Gasteiger partial charge in [0.25, 0.3) is 0 Å². The molecule has 90 valence electrons. The normalized spacial score (nSPS) is 13.4. The highest BCUT2D eigenvalue weighted by Crippen LogP contribution is 2.18. The Balaban J connectivity index is 3.92. The van der Waals surface area contributed by atoms with E-state index in [0.717, 1.165) is 0 Å². The van der Waals surface area contributed by atoms with E-state index >= 15 is 0 Å². The number of urea groups is 1. The second kappa shape index (κ2) is 6.46. The summed E-state index contributed by atoms with van der Waals surface area (Å²) >= 11 is 0. The Labute approximate surface area is 85.1 Å². The van der Waals surface area contributed by atoms with E-state index in [1.54, 1.807) is 5.32 Å². The first-order valence-corrected chi connectivity index (χ1v) is 4.22. The van der Waals surface area contributed by atoms with Gasteiger partial charge >= 0.3 is 12.2 Å². The molecule has 0 heterocycles. The lowest BCUT2D eigenvalue weighted by Gasteiger charge is -2.19. The predicted molar refractivity (Wildman–Crippen MR) is 47.3 cm³/mol. The fourth-order valence-electron chi connectivity index (χ4n) is 0.750. The lowest BCUT2D eigenvalue weighted by atomic mass is 10.3. The molecule has 5 nitrogen and oxygen atoms in total. The largest absolute Gasteiger partial charge is 0.409 e. The van der Waals surface area contributed by atoms with Gasteiger partial charge in [-0.3, -0.25) is 0 Å². The fourth-order valence-corrected chi connectivity index (χ4v) is 0.750. The van der Waals surface area contributed by atoms with Crippen LogP contribution in [0.5, 0.6) is 0 Å². The van der Waals surface area contributed by atoms with E-state index in [4.69, 9.17) is 5.73 Å². The van der Waals surface area contributed by atoms with Gasteiger partial charge in [0.1, 0.15) is 6.04 Å². The summed E-state index contributed by atoms with van der Waals surface area (Å²) in [5.74, 6) is 0. The number of carbonyl (C=O) groups is 1. The number of hydrogen-bond acceptors (Lipinski definition) is 3. The number of nitrogens with one attached hydrogen (secondary N) is 2. The Morgan fingerprint density at radius 1 is 1.53 bits per heavy atom. The molecule has 1 atom stereocenters. The van der Waals surface area contributed by atoms with Gasteiger partial charge in [-0.2, -0.15) is 13.2 Å². The van der Waals surface area contributed by atoms with Crippen molar-refractivity contribution >= 4 is 6.03 Å². The van der Waals surface area contributed by atoms with Crippen LogP contribution in [-0.4, -0.2) is 45.1 Å².